The SMILES string of the molecule is CCN(c1ccc(C(C)NC)c(Cl)c1)C1CC1. The smallest absolute Gasteiger partial charge is 0.0474 e. The highest BCUT2D eigenvalue weighted by molar-refractivity contribution is 6.31. The Morgan fingerprint density at radius 2 is 2.18 bits per heavy atom. The maximum Gasteiger partial charge on any atom is 0.0474 e. The number of benzene rings is 1. The van der Waals surface area contributed by atoms with Crippen LogP contribution in [0, 0.1) is 0 Å². The molecule has 1 atom stereocenters. The van der Waals surface area contributed by atoms with Crippen LogP contribution in [0.25, 0.3) is 0 Å². The maximum absolute atomic E-state index is 6.36. The molecule has 1 saturated carbocycles. The van der Waals surface area contributed by atoms with Crippen molar-refractivity contribution in [3.63, 3.8) is 0 Å². The predicted octanol–water partition coefficient (Wildman–Crippen LogP) is 3.61. The maximum atomic E-state index is 6.36. The van der Waals surface area contributed by atoms with Gasteiger partial charge in [-0.05, 0) is 51.4 Å². The molecular weight excluding hydrogens is 232 g/mol. The number of nitrogens with one attached hydrogen (secondary N) is 1. The van der Waals surface area contributed by atoms with E-state index in [9.17, 15) is 0 Å². The molecule has 3 heteroatoms. The molecule has 0 saturated heterocycles. The lowest BCUT2D eigenvalue weighted by Gasteiger charge is -2.24. The molecule has 94 valence electrons. The van der Waals surface area contributed by atoms with Gasteiger partial charge in [0.1, 0.15) is 0 Å². The van der Waals surface area contributed by atoms with Crippen molar-refractivity contribution in [2.75, 3.05) is 18.5 Å². The Balaban J connectivity index is 2.23. The monoisotopic (exact) mass is 252 g/mol. The van der Waals surface area contributed by atoms with Crippen molar-refractivity contribution < 1.29 is 0 Å². The minimum absolute atomic E-state index is 0.299. The highest BCUT2D eigenvalue weighted by atomic mass is 35.5. The normalized spacial score (nSPS) is 16.9. The summed E-state index contributed by atoms with van der Waals surface area (Å²) in [5, 5.41) is 4.09. The Kier molecular flexibility index (Phi) is 3.95. The summed E-state index contributed by atoms with van der Waals surface area (Å²) in [4.78, 5) is 2.44. The first-order valence-electron chi connectivity index (χ1n) is 6.40. The fourth-order valence-electron chi connectivity index (χ4n) is 2.24. The van der Waals surface area contributed by atoms with Gasteiger partial charge in [-0.1, -0.05) is 17.7 Å². The standard InChI is InChI=1S/C14H21ClN2/c1-4-17(11-5-6-11)12-7-8-13(10(2)16-3)14(15)9-12/h7-11,16H,4-6H2,1-3H3. The summed E-state index contributed by atoms with van der Waals surface area (Å²) in [6, 6.07) is 7.48. The second-order valence-electron chi connectivity index (χ2n) is 4.73. The molecule has 1 aromatic carbocycles. The molecule has 1 aliphatic rings. The fourth-order valence-corrected chi connectivity index (χ4v) is 2.58. The largest absolute Gasteiger partial charge is 0.369 e. The zero-order valence-corrected chi connectivity index (χ0v) is 11.6. The van der Waals surface area contributed by atoms with Crippen LogP contribution in [-0.2, 0) is 0 Å². The summed E-state index contributed by atoms with van der Waals surface area (Å²) in [6.07, 6.45) is 2.64. The van der Waals surface area contributed by atoms with Crippen LogP contribution in [-0.4, -0.2) is 19.6 Å². The van der Waals surface area contributed by atoms with Gasteiger partial charge >= 0.3 is 0 Å². The van der Waals surface area contributed by atoms with E-state index in [4.69, 9.17) is 11.6 Å². The van der Waals surface area contributed by atoms with Crippen molar-refractivity contribution in [1.82, 2.24) is 5.32 Å². The molecule has 0 radical (unpaired) electrons. The van der Waals surface area contributed by atoms with E-state index in [1.165, 1.54) is 24.1 Å². The molecule has 1 unspecified atom stereocenters. The van der Waals surface area contributed by atoms with Gasteiger partial charge in [0.2, 0.25) is 0 Å². The van der Waals surface area contributed by atoms with E-state index in [0.717, 1.165) is 17.6 Å². The van der Waals surface area contributed by atoms with Gasteiger partial charge in [-0.25, -0.2) is 0 Å². The van der Waals surface area contributed by atoms with Crippen LogP contribution < -0.4 is 10.2 Å². The molecule has 1 aliphatic carbocycles. The van der Waals surface area contributed by atoms with Gasteiger partial charge in [0.05, 0.1) is 0 Å². The third kappa shape index (κ3) is 2.75. The van der Waals surface area contributed by atoms with E-state index in [0.29, 0.717) is 6.04 Å². The van der Waals surface area contributed by atoms with Gasteiger partial charge in [0, 0.05) is 29.3 Å². The first-order chi connectivity index (χ1) is 8.17. The third-order valence-electron chi connectivity index (χ3n) is 3.54. The molecule has 1 fully saturated rings. The summed E-state index contributed by atoms with van der Waals surface area (Å²) < 4.78 is 0. The van der Waals surface area contributed by atoms with Gasteiger partial charge in [0.25, 0.3) is 0 Å². The van der Waals surface area contributed by atoms with E-state index in [1.54, 1.807) is 0 Å². The summed E-state index contributed by atoms with van der Waals surface area (Å²) >= 11 is 6.36. The molecule has 0 spiro atoms. The van der Waals surface area contributed by atoms with Crippen LogP contribution in [0.1, 0.15) is 38.3 Å². The Hall–Kier alpha value is -0.730. The van der Waals surface area contributed by atoms with Crippen LogP contribution in [0.4, 0.5) is 5.69 Å². The third-order valence-corrected chi connectivity index (χ3v) is 3.87. The molecule has 1 N–H and O–H groups in total. The Labute approximate surface area is 109 Å². The van der Waals surface area contributed by atoms with Gasteiger partial charge in [-0.2, -0.15) is 0 Å². The molecule has 1 aromatic rings. The molecule has 0 aromatic heterocycles. The van der Waals surface area contributed by atoms with E-state index in [1.807, 2.05) is 7.05 Å². The highest BCUT2D eigenvalue weighted by Crippen LogP contribution is 2.34. The van der Waals surface area contributed by atoms with Crippen molar-refractivity contribution in [3.8, 4) is 0 Å². The number of hydrogen-bond acceptors (Lipinski definition) is 2. The quantitative estimate of drug-likeness (QED) is 0.861. The van der Waals surface area contributed by atoms with Gasteiger partial charge in [-0.15, -0.1) is 0 Å². The summed E-state index contributed by atoms with van der Waals surface area (Å²) in [5.74, 6) is 0. The highest BCUT2D eigenvalue weighted by Gasteiger charge is 2.28. The van der Waals surface area contributed by atoms with Crippen molar-refractivity contribution in [3.05, 3.63) is 28.8 Å². The van der Waals surface area contributed by atoms with Crippen LogP contribution in [0.3, 0.4) is 0 Å². The lowest BCUT2D eigenvalue weighted by atomic mass is 10.1. The number of halogens is 1. The van der Waals surface area contributed by atoms with Crippen molar-refractivity contribution in [1.29, 1.82) is 0 Å². The van der Waals surface area contributed by atoms with Crippen LogP contribution in [0.5, 0.6) is 0 Å². The first kappa shape index (κ1) is 12.7. The van der Waals surface area contributed by atoms with Gasteiger partial charge in [-0.3, -0.25) is 0 Å². The van der Waals surface area contributed by atoms with Crippen LogP contribution in [0.15, 0.2) is 18.2 Å². The van der Waals surface area contributed by atoms with Crippen molar-refractivity contribution in [2.24, 2.45) is 0 Å². The average Bonchev–Trinajstić information content (AvgIpc) is 3.14. The Morgan fingerprint density at radius 1 is 1.47 bits per heavy atom. The van der Waals surface area contributed by atoms with E-state index < -0.39 is 0 Å². The van der Waals surface area contributed by atoms with E-state index in [-0.39, 0.29) is 0 Å². The molecule has 0 bridgehead atoms. The summed E-state index contributed by atoms with van der Waals surface area (Å²) in [7, 11) is 1.96. The van der Waals surface area contributed by atoms with Crippen LogP contribution in [0.2, 0.25) is 5.02 Å². The summed E-state index contributed by atoms with van der Waals surface area (Å²) in [6.45, 7) is 5.39. The summed E-state index contributed by atoms with van der Waals surface area (Å²) in [5.41, 5.74) is 2.43. The van der Waals surface area contributed by atoms with Crippen molar-refractivity contribution in [2.45, 2.75) is 38.8 Å². The Bertz CT molecular complexity index is 388. The van der Waals surface area contributed by atoms with Crippen molar-refractivity contribution >= 4 is 17.3 Å². The zero-order chi connectivity index (χ0) is 12.4. The van der Waals surface area contributed by atoms with E-state index >= 15 is 0 Å². The van der Waals surface area contributed by atoms with Crippen LogP contribution >= 0.6 is 11.6 Å². The molecule has 2 nitrogen and oxygen atoms in total. The lowest BCUT2D eigenvalue weighted by Crippen LogP contribution is -2.25. The predicted molar refractivity (Wildman–Crippen MR) is 75.0 cm³/mol. The lowest BCUT2D eigenvalue weighted by molar-refractivity contribution is 0.652. The molecule has 0 aliphatic heterocycles. The molecule has 0 heterocycles. The molecule has 2 rings (SSSR count). The fraction of sp³-hybridized carbons (Fsp3) is 0.571. The number of nitrogens with zero attached hydrogens (tertiary/aromatic N) is 1. The Morgan fingerprint density at radius 3 is 2.65 bits per heavy atom. The van der Waals surface area contributed by atoms with E-state index in [2.05, 4.69) is 42.3 Å². The average molecular weight is 253 g/mol. The number of hydrogen-bond donors (Lipinski definition) is 1. The first-order valence-corrected chi connectivity index (χ1v) is 6.78. The number of rotatable bonds is 5. The minimum atomic E-state index is 0.299. The molecular formula is C14H21ClN2. The molecule has 0 amide bonds. The zero-order valence-electron chi connectivity index (χ0n) is 10.8. The topological polar surface area (TPSA) is 15.3 Å². The molecule has 17 heavy (non-hydrogen) atoms. The second kappa shape index (κ2) is 5.28. The minimum Gasteiger partial charge on any atom is -0.369 e. The number of anilines is 1. The van der Waals surface area contributed by atoms with Gasteiger partial charge in [0.15, 0.2) is 0 Å². The van der Waals surface area contributed by atoms with Gasteiger partial charge < -0.3 is 10.2 Å². The second-order valence-corrected chi connectivity index (χ2v) is 5.14.